The van der Waals surface area contributed by atoms with Crippen molar-refractivity contribution < 1.29 is 0 Å². The maximum atomic E-state index is 12.6. The molecule has 0 spiro atoms. The molecule has 0 saturated carbocycles. The number of hydrogen-bond donors (Lipinski definition) is 0. The van der Waals surface area contributed by atoms with E-state index in [4.69, 9.17) is 4.85 Å². The molecule has 0 atom stereocenters. The van der Waals surface area contributed by atoms with Crippen LogP contribution in [0.25, 0.3) is 167 Å². The quantitative estimate of drug-likeness (QED) is 0.140. The number of benzene rings is 13. The number of nitriles is 1. The van der Waals surface area contributed by atoms with Gasteiger partial charge in [-0.2, -0.15) is 5.26 Å². The first-order valence-corrected chi connectivity index (χ1v) is 30.5. The molecule has 4 nitrogen and oxygen atoms in total. The third-order valence-corrected chi connectivity index (χ3v) is 19.9. The number of para-hydroxylation sites is 1. The van der Waals surface area contributed by atoms with Gasteiger partial charge in [-0.3, -0.25) is 0 Å². The average molecular weight is 1130 g/mol. The number of thiophene rings is 2. The first-order valence-electron chi connectivity index (χ1n) is 28.8. The fourth-order valence-electron chi connectivity index (χ4n) is 13.7. The van der Waals surface area contributed by atoms with E-state index in [1.807, 2.05) is 40.9 Å². The summed E-state index contributed by atoms with van der Waals surface area (Å²) in [5.74, 6) is 0. The van der Waals surface area contributed by atoms with Gasteiger partial charge >= 0.3 is 0 Å². The molecule has 0 saturated heterocycles. The molecule has 17 rings (SSSR count). The summed E-state index contributed by atoms with van der Waals surface area (Å²) in [4.78, 5) is 4.71. The monoisotopic (exact) mass is 1130 g/mol. The van der Waals surface area contributed by atoms with Crippen LogP contribution in [0.4, 0.5) is 5.69 Å². The van der Waals surface area contributed by atoms with Crippen LogP contribution in [0.3, 0.4) is 0 Å². The fourth-order valence-corrected chi connectivity index (χ4v) is 16.5. The smallest absolute Gasteiger partial charge is 0.220 e. The van der Waals surface area contributed by atoms with Crippen LogP contribution in [0.1, 0.15) is 5.56 Å². The van der Waals surface area contributed by atoms with Crippen LogP contribution in [-0.4, -0.2) is 9.13 Å². The van der Waals surface area contributed by atoms with Crippen molar-refractivity contribution in [2.45, 2.75) is 0 Å². The van der Waals surface area contributed by atoms with Crippen LogP contribution < -0.4 is 0 Å². The van der Waals surface area contributed by atoms with Gasteiger partial charge in [0.05, 0.1) is 55.0 Å². The standard InChI is InChI=1S/C80H46N4S2/c1-82-72-70(53-32-16-6-17-33-53)67(48-81)73(71(54-34-18-7-19-35-54)76(72)83-68-41-21-20-36-57(68)66-46-64(51-28-12-4-13-29-51)65(47-69(66)83)52-30-14-5-15-31-52)84-74-58(42-44-62-60-39-22-37-55(77(60)85-79(62)74)49-24-8-2-9-25-49)59-43-45-63-61-40-23-38-56(50-26-10-3-11-27-50)78(61)86-80(63)75(59)84/h2-47H. The van der Waals surface area contributed by atoms with Crippen molar-refractivity contribution in [2.75, 3.05) is 0 Å². The molecule has 0 aliphatic carbocycles. The highest BCUT2D eigenvalue weighted by atomic mass is 32.1. The molecular formula is C80H46N4S2. The number of rotatable bonds is 8. The van der Waals surface area contributed by atoms with Crippen molar-refractivity contribution in [2.24, 2.45) is 0 Å². The van der Waals surface area contributed by atoms with Crippen molar-refractivity contribution >= 4 is 112 Å². The summed E-state index contributed by atoms with van der Waals surface area (Å²) in [6.07, 6.45) is 0. The highest BCUT2D eigenvalue weighted by Gasteiger charge is 2.34. The first-order chi connectivity index (χ1) is 42.6. The lowest BCUT2D eigenvalue weighted by molar-refractivity contribution is 1.14. The Hall–Kier alpha value is -11.1. The lowest BCUT2D eigenvalue weighted by atomic mass is 9.88. The Labute approximate surface area is 503 Å². The summed E-state index contributed by atoms with van der Waals surface area (Å²) < 4.78 is 9.47. The van der Waals surface area contributed by atoms with Gasteiger partial charge in [0, 0.05) is 63.6 Å². The normalized spacial score (nSPS) is 11.7. The third-order valence-electron chi connectivity index (χ3n) is 17.4. The second-order valence-electron chi connectivity index (χ2n) is 21.9. The van der Waals surface area contributed by atoms with E-state index >= 15 is 0 Å². The van der Waals surface area contributed by atoms with Crippen molar-refractivity contribution in [1.29, 1.82) is 5.26 Å². The molecule has 17 aromatic rings. The third kappa shape index (κ3) is 7.38. The van der Waals surface area contributed by atoms with Gasteiger partial charge in [-0.25, -0.2) is 4.85 Å². The molecule has 86 heavy (non-hydrogen) atoms. The summed E-state index contributed by atoms with van der Waals surface area (Å²) in [5.41, 5.74) is 18.3. The number of fused-ring (bicyclic) bond motifs is 14. The Morgan fingerprint density at radius 3 is 1.19 bits per heavy atom. The topological polar surface area (TPSA) is 38.0 Å². The SMILES string of the molecule is [C-]#[N+]c1c(-c2ccccc2)c(C#N)c(-n2c3c(ccc4c5cccc(-c6ccccc6)c5sc43)c3ccc4c5cccc(-c6ccccc6)c5sc4c32)c(-c2ccccc2)c1-n1c2ccccc2c2cc(-c3ccccc3)c(-c3ccccc3)cc21. The van der Waals surface area contributed by atoms with E-state index < -0.39 is 0 Å². The zero-order valence-electron chi connectivity index (χ0n) is 46.2. The van der Waals surface area contributed by atoms with Gasteiger partial charge in [0.1, 0.15) is 6.07 Å². The van der Waals surface area contributed by atoms with E-state index in [0.29, 0.717) is 22.5 Å². The van der Waals surface area contributed by atoms with Crippen molar-refractivity contribution in [3.05, 3.63) is 296 Å². The first kappa shape index (κ1) is 49.5. The van der Waals surface area contributed by atoms with Crippen molar-refractivity contribution in [3.63, 3.8) is 0 Å². The van der Waals surface area contributed by atoms with E-state index in [0.717, 1.165) is 120 Å². The lowest BCUT2D eigenvalue weighted by Gasteiger charge is -2.26. The Morgan fingerprint density at radius 2 is 0.709 bits per heavy atom. The Balaban J connectivity index is 1.13. The van der Waals surface area contributed by atoms with Gasteiger partial charge in [-0.1, -0.05) is 261 Å². The van der Waals surface area contributed by atoms with Crippen LogP contribution in [0.5, 0.6) is 0 Å². The molecule has 0 N–H and O–H groups in total. The zero-order chi connectivity index (χ0) is 57.0. The van der Waals surface area contributed by atoms with Gasteiger partial charge in [0.2, 0.25) is 5.69 Å². The van der Waals surface area contributed by atoms with E-state index in [-0.39, 0.29) is 0 Å². The molecule has 0 unspecified atom stereocenters. The Bertz CT molecular complexity index is 5520. The predicted octanol–water partition coefficient (Wildman–Crippen LogP) is 23.0. The minimum Gasteiger partial charge on any atom is -0.318 e. The summed E-state index contributed by atoms with van der Waals surface area (Å²) in [6, 6.07) is 102. The van der Waals surface area contributed by atoms with Gasteiger partial charge in [0.15, 0.2) is 0 Å². The molecule has 13 aromatic carbocycles. The Kier molecular flexibility index (Phi) is 11.4. The molecule has 4 heterocycles. The van der Waals surface area contributed by atoms with E-state index in [1.165, 1.54) is 31.3 Å². The van der Waals surface area contributed by atoms with Gasteiger partial charge in [-0.15, -0.1) is 22.7 Å². The molecule has 0 bridgehead atoms. The molecule has 0 aliphatic rings. The maximum Gasteiger partial charge on any atom is 0.220 e. The van der Waals surface area contributed by atoms with Gasteiger partial charge in [-0.05, 0) is 73.8 Å². The lowest BCUT2D eigenvalue weighted by Crippen LogP contribution is -2.09. The molecule has 4 aromatic heterocycles. The molecule has 0 radical (unpaired) electrons. The van der Waals surface area contributed by atoms with Crippen LogP contribution in [-0.2, 0) is 0 Å². The number of nitrogens with zero attached hydrogens (tertiary/aromatic N) is 4. The minimum atomic E-state index is 0.395. The molecular weight excluding hydrogens is 1080 g/mol. The average Bonchev–Trinajstić information content (AvgIpc) is 1.56. The molecule has 6 heteroatoms. The number of hydrogen-bond acceptors (Lipinski definition) is 3. The summed E-state index contributed by atoms with van der Waals surface area (Å²) in [5, 5.41) is 21.5. The maximum absolute atomic E-state index is 12.6. The fraction of sp³-hybridized carbons (Fsp3) is 0. The molecule has 0 fully saturated rings. The highest BCUT2D eigenvalue weighted by molar-refractivity contribution is 7.28. The van der Waals surface area contributed by atoms with E-state index in [9.17, 15) is 11.8 Å². The van der Waals surface area contributed by atoms with Crippen LogP contribution in [0.2, 0.25) is 0 Å². The van der Waals surface area contributed by atoms with Gasteiger partial charge in [0.25, 0.3) is 0 Å². The minimum absolute atomic E-state index is 0.395. The van der Waals surface area contributed by atoms with Crippen LogP contribution in [0, 0.1) is 17.9 Å². The second-order valence-corrected chi connectivity index (χ2v) is 24.0. The van der Waals surface area contributed by atoms with Crippen molar-refractivity contribution in [1.82, 2.24) is 9.13 Å². The van der Waals surface area contributed by atoms with E-state index in [1.54, 1.807) is 0 Å². The largest absolute Gasteiger partial charge is 0.318 e. The number of aromatic nitrogens is 2. The summed E-state index contributed by atoms with van der Waals surface area (Å²) in [7, 11) is 0. The van der Waals surface area contributed by atoms with Crippen LogP contribution in [0.15, 0.2) is 279 Å². The Morgan fingerprint density at radius 1 is 0.314 bits per heavy atom. The predicted molar refractivity (Wildman–Crippen MR) is 364 cm³/mol. The van der Waals surface area contributed by atoms with Gasteiger partial charge < -0.3 is 9.13 Å². The summed E-state index contributed by atoms with van der Waals surface area (Å²) >= 11 is 3.64. The van der Waals surface area contributed by atoms with E-state index in [2.05, 4.69) is 276 Å². The molecule has 0 amide bonds. The summed E-state index contributed by atoms with van der Waals surface area (Å²) in [6.45, 7) is 9.68. The highest BCUT2D eigenvalue weighted by Crippen LogP contribution is 2.56. The second kappa shape index (κ2) is 19.8. The van der Waals surface area contributed by atoms with Crippen molar-refractivity contribution in [3.8, 4) is 84.2 Å². The van der Waals surface area contributed by atoms with Crippen LogP contribution >= 0.6 is 22.7 Å². The zero-order valence-corrected chi connectivity index (χ0v) is 47.8. The molecule has 398 valence electrons. The molecule has 0 aliphatic heterocycles.